The highest BCUT2D eigenvalue weighted by molar-refractivity contribution is 5.91. The minimum absolute atomic E-state index is 0.0549. The number of rotatable bonds is 5. The Bertz CT molecular complexity index is 999. The summed E-state index contributed by atoms with van der Waals surface area (Å²) in [5, 5.41) is 2.92. The van der Waals surface area contributed by atoms with E-state index in [9.17, 15) is 14.4 Å². The van der Waals surface area contributed by atoms with Crippen LogP contribution in [0.15, 0.2) is 56.8 Å². The average molecular weight is 326 g/mol. The summed E-state index contributed by atoms with van der Waals surface area (Å²) in [5.41, 5.74) is -0.761. The zero-order chi connectivity index (χ0) is 16.9. The number of hydrogen-bond acceptors (Lipinski definition) is 5. The SMILES string of the molecule is O=C(C=Cc1ccco1)NCCn1c(=O)[nH]c2ncccc2c1=O. The maximum atomic E-state index is 12.3. The number of amides is 1. The highest BCUT2D eigenvalue weighted by atomic mass is 16.3. The summed E-state index contributed by atoms with van der Waals surface area (Å²) in [6.45, 7) is 0.190. The molecule has 0 radical (unpaired) electrons. The first kappa shape index (κ1) is 15.5. The van der Waals surface area contributed by atoms with E-state index in [-0.39, 0.29) is 24.6 Å². The largest absolute Gasteiger partial charge is 0.465 e. The molecule has 3 heterocycles. The van der Waals surface area contributed by atoms with Crippen molar-refractivity contribution in [3.8, 4) is 0 Å². The van der Waals surface area contributed by atoms with E-state index < -0.39 is 11.2 Å². The molecule has 0 aliphatic carbocycles. The van der Waals surface area contributed by atoms with E-state index in [1.54, 1.807) is 24.3 Å². The van der Waals surface area contributed by atoms with Gasteiger partial charge in [0.05, 0.1) is 11.6 Å². The zero-order valence-electron chi connectivity index (χ0n) is 12.6. The van der Waals surface area contributed by atoms with Crippen LogP contribution < -0.4 is 16.6 Å². The molecule has 0 aromatic carbocycles. The van der Waals surface area contributed by atoms with Crippen molar-refractivity contribution in [3.05, 3.63) is 69.4 Å². The topological polar surface area (TPSA) is 110 Å². The number of furan rings is 1. The van der Waals surface area contributed by atoms with Crippen LogP contribution >= 0.6 is 0 Å². The number of pyridine rings is 1. The molecular formula is C16H14N4O4. The van der Waals surface area contributed by atoms with Gasteiger partial charge < -0.3 is 9.73 Å². The lowest BCUT2D eigenvalue weighted by Gasteiger charge is -2.06. The van der Waals surface area contributed by atoms with E-state index in [0.717, 1.165) is 4.57 Å². The highest BCUT2D eigenvalue weighted by Gasteiger charge is 2.07. The van der Waals surface area contributed by atoms with Gasteiger partial charge in [-0.3, -0.25) is 19.1 Å². The zero-order valence-corrected chi connectivity index (χ0v) is 12.6. The first-order chi connectivity index (χ1) is 11.6. The summed E-state index contributed by atoms with van der Waals surface area (Å²) in [6, 6.07) is 6.63. The Balaban J connectivity index is 1.67. The third kappa shape index (κ3) is 3.32. The summed E-state index contributed by atoms with van der Waals surface area (Å²) in [6.07, 6.45) is 5.84. The van der Waals surface area contributed by atoms with Crippen molar-refractivity contribution in [3.63, 3.8) is 0 Å². The quantitative estimate of drug-likeness (QED) is 0.664. The summed E-state index contributed by atoms with van der Waals surface area (Å²) < 4.78 is 6.09. The van der Waals surface area contributed by atoms with Crippen LogP contribution in [-0.2, 0) is 11.3 Å². The molecule has 8 nitrogen and oxygen atoms in total. The van der Waals surface area contributed by atoms with Crippen molar-refractivity contribution in [2.45, 2.75) is 6.54 Å². The molecule has 1 amide bonds. The third-order valence-electron chi connectivity index (χ3n) is 3.33. The van der Waals surface area contributed by atoms with Crippen LogP contribution in [0.2, 0.25) is 0 Å². The average Bonchev–Trinajstić information content (AvgIpc) is 3.09. The Kier molecular flexibility index (Phi) is 4.37. The Morgan fingerprint density at radius 1 is 1.33 bits per heavy atom. The molecule has 0 aliphatic heterocycles. The molecule has 3 rings (SSSR count). The van der Waals surface area contributed by atoms with Crippen molar-refractivity contribution < 1.29 is 9.21 Å². The minimum Gasteiger partial charge on any atom is -0.465 e. The van der Waals surface area contributed by atoms with Crippen LogP contribution in [0.25, 0.3) is 17.1 Å². The second kappa shape index (κ2) is 6.78. The van der Waals surface area contributed by atoms with Gasteiger partial charge in [-0.2, -0.15) is 0 Å². The van der Waals surface area contributed by atoms with E-state index in [0.29, 0.717) is 11.1 Å². The second-order valence-corrected chi connectivity index (χ2v) is 4.93. The molecule has 0 saturated carbocycles. The molecule has 0 bridgehead atoms. The van der Waals surface area contributed by atoms with Crippen molar-refractivity contribution in [2.75, 3.05) is 6.54 Å². The highest BCUT2D eigenvalue weighted by Crippen LogP contribution is 2.01. The van der Waals surface area contributed by atoms with Crippen molar-refractivity contribution in [2.24, 2.45) is 0 Å². The fourth-order valence-corrected chi connectivity index (χ4v) is 2.18. The van der Waals surface area contributed by atoms with Crippen molar-refractivity contribution in [1.29, 1.82) is 0 Å². The number of carbonyl (C=O) groups is 1. The molecule has 8 heteroatoms. The number of fused-ring (bicyclic) bond motifs is 1. The number of aromatic nitrogens is 3. The van der Waals surface area contributed by atoms with Crippen LogP contribution in [0, 0.1) is 0 Å². The molecule has 2 N–H and O–H groups in total. The number of carbonyl (C=O) groups excluding carboxylic acids is 1. The number of nitrogens with zero attached hydrogens (tertiary/aromatic N) is 2. The van der Waals surface area contributed by atoms with Gasteiger partial charge in [0.25, 0.3) is 5.56 Å². The molecule has 0 fully saturated rings. The maximum absolute atomic E-state index is 12.3. The van der Waals surface area contributed by atoms with Gasteiger partial charge in [0, 0.05) is 25.4 Å². The van der Waals surface area contributed by atoms with Gasteiger partial charge in [-0.15, -0.1) is 0 Å². The predicted octanol–water partition coefficient (Wildman–Crippen LogP) is 0.507. The minimum atomic E-state index is -0.563. The van der Waals surface area contributed by atoms with Gasteiger partial charge in [0.1, 0.15) is 11.4 Å². The lowest BCUT2D eigenvalue weighted by atomic mass is 10.3. The standard InChI is InChI=1S/C16H14N4O4/c21-13(6-5-11-3-2-10-24-11)17-8-9-20-15(22)12-4-1-7-18-14(12)19-16(20)23/h1-7,10H,8-9H2,(H,17,21)(H,18,19,23). The molecule has 0 saturated heterocycles. The normalized spacial score (nSPS) is 11.2. The Morgan fingerprint density at radius 3 is 3.00 bits per heavy atom. The Morgan fingerprint density at radius 2 is 2.21 bits per heavy atom. The van der Waals surface area contributed by atoms with Crippen LogP contribution in [-0.4, -0.2) is 27.0 Å². The second-order valence-electron chi connectivity index (χ2n) is 4.93. The number of hydrogen-bond donors (Lipinski definition) is 2. The smallest absolute Gasteiger partial charge is 0.330 e. The van der Waals surface area contributed by atoms with Crippen LogP contribution in [0.1, 0.15) is 5.76 Å². The van der Waals surface area contributed by atoms with Crippen molar-refractivity contribution >= 4 is 23.0 Å². The molecule has 3 aromatic heterocycles. The maximum Gasteiger partial charge on any atom is 0.330 e. The number of aromatic amines is 1. The Hall–Kier alpha value is -3.42. The molecule has 0 unspecified atom stereocenters. The predicted molar refractivity (Wildman–Crippen MR) is 87.4 cm³/mol. The van der Waals surface area contributed by atoms with E-state index >= 15 is 0 Å². The van der Waals surface area contributed by atoms with E-state index in [4.69, 9.17) is 4.42 Å². The molecule has 122 valence electrons. The van der Waals surface area contributed by atoms with Gasteiger partial charge in [0.15, 0.2) is 0 Å². The van der Waals surface area contributed by atoms with Crippen LogP contribution in [0.3, 0.4) is 0 Å². The molecular weight excluding hydrogens is 312 g/mol. The van der Waals surface area contributed by atoms with Gasteiger partial charge in [0.2, 0.25) is 5.91 Å². The van der Waals surface area contributed by atoms with Gasteiger partial charge in [-0.05, 0) is 30.3 Å². The van der Waals surface area contributed by atoms with Crippen LogP contribution in [0.5, 0.6) is 0 Å². The van der Waals surface area contributed by atoms with Gasteiger partial charge >= 0.3 is 5.69 Å². The van der Waals surface area contributed by atoms with Gasteiger partial charge in [-0.1, -0.05) is 0 Å². The lowest BCUT2D eigenvalue weighted by Crippen LogP contribution is -2.39. The summed E-state index contributed by atoms with van der Waals surface area (Å²) in [4.78, 5) is 42.4. The molecule has 3 aromatic rings. The Labute approximate surface area is 135 Å². The summed E-state index contributed by atoms with van der Waals surface area (Å²) >= 11 is 0. The van der Waals surface area contributed by atoms with E-state index in [2.05, 4.69) is 15.3 Å². The molecule has 0 spiro atoms. The lowest BCUT2D eigenvalue weighted by molar-refractivity contribution is -0.116. The van der Waals surface area contributed by atoms with Crippen LogP contribution in [0.4, 0.5) is 0 Å². The summed E-state index contributed by atoms with van der Waals surface area (Å²) in [7, 11) is 0. The fraction of sp³-hybridized carbons (Fsp3) is 0.125. The number of nitrogens with one attached hydrogen (secondary N) is 2. The molecule has 0 atom stereocenters. The van der Waals surface area contributed by atoms with E-state index in [1.165, 1.54) is 24.6 Å². The third-order valence-corrected chi connectivity index (χ3v) is 3.33. The molecule has 24 heavy (non-hydrogen) atoms. The van der Waals surface area contributed by atoms with Gasteiger partial charge in [-0.25, -0.2) is 9.78 Å². The summed E-state index contributed by atoms with van der Waals surface area (Å²) in [5.74, 6) is 0.207. The molecule has 0 aliphatic rings. The fourth-order valence-electron chi connectivity index (χ4n) is 2.18. The van der Waals surface area contributed by atoms with Crippen molar-refractivity contribution in [1.82, 2.24) is 19.9 Å². The van der Waals surface area contributed by atoms with E-state index in [1.807, 2.05) is 0 Å². The number of H-pyrrole nitrogens is 1. The monoisotopic (exact) mass is 326 g/mol. The first-order valence-corrected chi connectivity index (χ1v) is 7.22. The first-order valence-electron chi connectivity index (χ1n) is 7.22.